The van der Waals surface area contributed by atoms with Crippen molar-refractivity contribution in [2.24, 2.45) is 0 Å². The van der Waals surface area contributed by atoms with E-state index in [0.29, 0.717) is 5.56 Å². The van der Waals surface area contributed by atoms with Crippen molar-refractivity contribution in [2.75, 3.05) is 11.8 Å². The lowest BCUT2D eigenvalue weighted by molar-refractivity contribution is -0.140. The maximum Gasteiger partial charge on any atom is 0.325 e. The highest BCUT2D eigenvalue weighted by atomic mass is 32.2. The van der Waals surface area contributed by atoms with E-state index in [1.54, 1.807) is 18.2 Å². The molecule has 2 N–H and O–H groups in total. The van der Waals surface area contributed by atoms with Crippen LogP contribution in [0.3, 0.4) is 0 Å². The van der Waals surface area contributed by atoms with Crippen LogP contribution in [0.25, 0.3) is 0 Å². The molecular formula is C13H17NO6S. The summed E-state index contributed by atoms with van der Waals surface area (Å²) in [4.78, 5) is 21.9. The number of anilines is 1. The number of carbonyl (C=O) groups excluding carboxylic acids is 1. The van der Waals surface area contributed by atoms with E-state index in [-0.39, 0.29) is 18.5 Å². The monoisotopic (exact) mass is 315 g/mol. The Kier molecular flexibility index (Phi) is 5.71. The van der Waals surface area contributed by atoms with Gasteiger partial charge in [0.25, 0.3) is 0 Å². The van der Waals surface area contributed by atoms with Crippen LogP contribution in [0, 0.1) is 0 Å². The van der Waals surface area contributed by atoms with Crippen LogP contribution in [-0.2, 0) is 30.8 Å². The van der Waals surface area contributed by atoms with E-state index in [1.807, 2.05) is 0 Å². The molecular weight excluding hydrogens is 298 g/mol. The van der Waals surface area contributed by atoms with Crippen LogP contribution in [0.5, 0.6) is 0 Å². The molecule has 0 aliphatic heterocycles. The average molecular weight is 315 g/mol. The minimum atomic E-state index is -3.96. The Balaban J connectivity index is 2.97. The third-order valence-electron chi connectivity index (χ3n) is 2.88. The summed E-state index contributed by atoms with van der Waals surface area (Å²) in [6.45, 7) is 1.22. The van der Waals surface area contributed by atoms with Crippen LogP contribution in [0.2, 0.25) is 0 Å². The zero-order valence-corrected chi connectivity index (χ0v) is 12.5. The van der Waals surface area contributed by atoms with Gasteiger partial charge in [-0.1, -0.05) is 18.2 Å². The number of hydrogen-bond donors (Lipinski definition) is 2. The Bertz CT molecular complexity index is 625. The number of aryl methyl sites for hydroxylation is 1. The third kappa shape index (κ3) is 4.75. The maximum atomic E-state index is 12.1. The zero-order chi connectivity index (χ0) is 16.0. The van der Waals surface area contributed by atoms with Crippen LogP contribution >= 0.6 is 0 Å². The molecule has 0 aliphatic rings. The number of sulfonamides is 1. The number of benzene rings is 1. The lowest BCUT2D eigenvalue weighted by atomic mass is 10.1. The Morgan fingerprint density at radius 1 is 1.33 bits per heavy atom. The van der Waals surface area contributed by atoms with Crippen LogP contribution in [-0.4, -0.2) is 37.8 Å². The fourth-order valence-electron chi connectivity index (χ4n) is 1.61. The number of carboxylic acids is 1. The number of ether oxygens (including phenoxy) is 1. The second-order valence-corrected chi connectivity index (χ2v) is 6.36. The first-order valence-corrected chi connectivity index (χ1v) is 7.71. The molecule has 0 radical (unpaired) electrons. The van der Waals surface area contributed by atoms with Crippen molar-refractivity contribution in [1.29, 1.82) is 0 Å². The summed E-state index contributed by atoms with van der Waals surface area (Å²) in [5.74, 6) is -1.85. The van der Waals surface area contributed by atoms with E-state index in [0.717, 1.165) is 7.11 Å². The van der Waals surface area contributed by atoms with Gasteiger partial charge in [0, 0.05) is 6.42 Å². The van der Waals surface area contributed by atoms with Gasteiger partial charge in [0.1, 0.15) is 0 Å². The van der Waals surface area contributed by atoms with E-state index in [4.69, 9.17) is 5.11 Å². The summed E-state index contributed by atoms with van der Waals surface area (Å²) in [5, 5.41) is 7.33. The first-order chi connectivity index (χ1) is 9.77. The number of aliphatic carboxylic acids is 1. The van der Waals surface area contributed by atoms with Gasteiger partial charge in [0.2, 0.25) is 10.0 Å². The van der Waals surface area contributed by atoms with Gasteiger partial charge in [-0.3, -0.25) is 14.3 Å². The molecule has 1 rings (SSSR count). The zero-order valence-electron chi connectivity index (χ0n) is 11.7. The van der Waals surface area contributed by atoms with Crippen molar-refractivity contribution in [3.05, 3.63) is 29.8 Å². The predicted octanol–water partition coefficient (Wildman–Crippen LogP) is 1.01. The Hall–Kier alpha value is -2.09. The molecule has 0 heterocycles. The summed E-state index contributed by atoms with van der Waals surface area (Å²) in [7, 11) is -2.85. The van der Waals surface area contributed by atoms with Crippen molar-refractivity contribution in [3.8, 4) is 0 Å². The van der Waals surface area contributed by atoms with E-state index < -0.39 is 27.2 Å². The molecule has 1 aromatic rings. The van der Waals surface area contributed by atoms with Gasteiger partial charge in [0.05, 0.1) is 12.8 Å². The topological polar surface area (TPSA) is 110 Å². The second-order valence-electron chi connectivity index (χ2n) is 4.36. The van der Waals surface area contributed by atoms with E-state index >= 15 is 0 Å². The van der Waals surface area contributed by atoms with Gasteiger partial charge >= 0.3 is 11.9 Å². The Morgan fingerprint density at radius 3 is 2.52 bits per heavy atom. The molecule has 8 heteroatoms. The average Bonchev–Trinajstić information content (AvgIpc) is 2.44. The smallest absolute Gasteiger partial charge is 0.325 e. The van der Waals surface area contributed by atoms with Crippen LogP contribution in [0.1, 0.15) is 18.9 Å². The molecule has 7 nitrogen and oxygen atoms in total. The van der Waals surface area contributed by atoms with Crippen molar-refractivity contribution in [1.82, 2.24) is 0 Å². The first-order valence-electron chi connectivity index (χ1n) is 6.17. The molecule has 1 unspecified atom stereocenters. The van der Waals surface area contributed by atoms with Gasteiger partial charge in [-0.25, -0.2) is 8.42 Å². The predicted molar refractivity (Wildman–Crippen MR) is 76.4 cm³/mol. The summed E-state index contributed by atoms with van der Waals surface area (Å²) in [6, 6.07) is 6.44. The largest absolute Gasteiger partial charge is 0.481 e. The Labute approximate surface area is 123 Å². The number of para-hydroxylation sites is 1. The summed E-state index contributed by atoms with van der Waals surface area (Å²) in [6.07, 6.45) is 0.0614. The fourth-order valence-corrected chi connectivity index (χ4v) is 2.65. The summed E-state index contributed by atoms with van der Waals surface area (Å²) in [5.41, 5.74) is 0.801. The van der Waals surface area contributed by atoms with Gasteiger partial charge in [-0.2, -0.15) is 0 Å². The Morgan fingerprint density at radius 2 is 1.95 bits per heavy atom. The molecule has 0 bridgehead atoms. The molecule has 0 fully saturated rings. The summed E-state index contributed by atoms with van der Waals surface area (Å²) >= 11 is 0. The normalized spacial score (nSPS) is 12.5. The van der Waals surface area contributed by atoms with Gasteiger partial charge in [-0.15, -0.1) is 0 Å². The van der Waals surface area contributed by atoms with Crippen LogP contribution < -0.4 is 4.72 Å². The lowest BCUT2D eigenvalue weighted by Crippen LogP contribution is -2.33. The minimum absolute atomic E-state index is 0.120. The molecule has 0 aromatic heterocycles. The van der Waals surface area contributed by atoms with E-state index in [1.165, 1.54) is 13.0 Å². The number of esters is 1. The molecule has 116 valence electrons. The van der Waals surface area contributed by atoms with Gasteiger partial charge in [0.15, 0.2) is 5.25 Å². The minimum Gasteiger partial charge on any atom is -0.481 e. The number of nitrogens with one attached hydrogen (secondary N) is 1. The van der Waals surface area contributed by atoms with E-state index in [9.17, 15) is 18.0 Å². The number of hydrogen-bond acceptors (Lipinski definition) is 5. The quantitative estimate of drug-likeness (QED) is 0.727. The highest BCUT2D eigenvalue weighted by Crippen LogP contribution is 2.20. The van der Waals surface area contributed by atoms with Crippen molar-refractivity contribution >= 4 is 27.6 Å². The van der Waals surface area contributed by atoms with E-state index in [2.05, 4.69) is 9.46 Å². The standard InChI is InChI=1S/C13H17NO6S/c1-9(13(17)20-2)21(18,19)14-11-6-4-3-5-10(11)7-8-12(15)16/h3-6,9,14H,7-8H2,1-2H3,(H,15,16). The fraction of sp³-hybridized carbons (Fsp3) is 0.385. The highest BCUT2D eigenvalue weighted by molar-refractivity contribution is 7.94. The lowest BCUT2D eigenvalue weighted by Gasteiger charge is -2.15. The molecule has 0 spiro atoms. The molecule has 1 atom stereocenters. The molecule has 0 amide bonds. The van der Waals surface area contributed by atoms with Crippen molar-refractivity contribution < 1.29 is 27.9 Å². The molecule has 0 saturated carbocycles. The number of rotatable bonds is 7. The van der Waals surface area contributed by atoms with Crippen molar-refractivity contribution in [2.45, 2.75) is 25.0 Å². The van der Waals surface area contributed by atoms with Crippen molar-refractivity contribution in [3.63, 3.8) is 0 Å². The van der Waals surface area contributed by atoms with Crippen LogP contribution in [0.4, 0.5) is 5.69 Å². The molecule has 21 heavy (non-hydrogen) atoms. The third-order valence-corrected chi connectivity index (χ3v) is 4.50. The maximum absolute atomic E-state index is 12.1. The highest BCUT2D eigenvalue weighted by Gasteiger charge is 2.29. The molecule has 0 aliphatic carbocycles. The summed E-state index contributed by atoms with van der Waals surface area (Å²) < 4.78 is 30.8. The number of methoxy groups -OCH3 is 1. The van der Waals surface area contributed by atoms with Gasteiger partial charge in [-0.05, 0) is 25.0 Å². The number of carbonyl (C=O) groups is 2. The van der Waals surface area contributed by atoms with Gasteiger partial charge < -0.3 is 9.84 Å². The second kappa shape index (κ2) is 7.07. The molecule has 1 aromatic carbocycles. The van der Waals surface area contributed by atoms with Crippen LogP contribution in [0.15, 0.2) is 24.3 Å². The SMILES string of the molecule is COC(=O)C(C)S(=O)(=O)Nc1ccccc1CCC(=O)O. The first kappa shape index (κ1) is 17.0. The number of carboxylic acid groups (broad SMARTS) is 1. The molecule has 0 saturated heterocycles.